The Hall–Kier alpha value is -1.09. The van der Waals surface area contributed by atoms with E-state index >= 15 is 0 Å². The fraction of sp³-hybridized carbons (Fsp3) is 0.688. The molecule has 0 saturated carbocycles. The molecule has 19 heavy (non-hydrogen) atoms. The first-order chi connectivity index (χ1) is 9.22. The Kier molecular flexibility index (Phi) is 5.20. The van der Waals surface area contributed by atoms with Crippen molar-refractivity contribution in [1.82, 2.24) is 10.3 Å². The van der Waals surface area contributed by atoms with Gasteiger partial charge in [0.1, 0.15) is 0 Å². The van der Waals surface area contributed by atoms with Gasteiger partial charge in [-0.05, 0) is 58.2 Å². The maximum Gasteiger partial charge on any atom is 0.0572 e. The van der Waals surface area contributed by atoms with E-state index in [1.165, 1.54) is 31.5 Å². The van der Waals surface area contributed by atoms with Crippen LogP contribution >= 0.6 is 0 Å². The number of anilines is 1. The predicted octanol–water partition coefficient (Wildman–Crippen LogP) is 3.52. The van der Waals surface area contributed by atoms with Crippen LogP contribution in [-0.2, 0) is 0 Å². The summed E-state index contributed by atoms with van der Waals surface area (Å²) >= 11 is 0. The molecule has 1 aliphatic heterocycles. The highest BCUT2D eigenvalue weighted by atomic mass is 15.2. The average Bonchev–Trinajstić information content (AvgIpc) is 2.45. The fourth-order valence-electron chi connectivity index (χ4n) is 2.77. The second-order valence-electron chi connectivity index (χ2n) is 5.66. The fourth-order valence-corrected chi connectivity index (χ4v) is 2.77. The molecule has 2 heterocycles. The molecule has 1 saturated heterocycles. The molecule has 1 aromatic rings. The molecule has 0 aromatic carbocycles. The van der Waals surface area contributed by atoms with Crippen molar-refractivity contribution in [1.29, 1.82) is 0 Å². The van der Waals surface area contributed by atoms with Gasteiger partial charge in [0, 0.05) is 18.6 Å². The molecule has 0 aliphatic carbocycles. The van der Waals surface area contributed by atoms with Crippen LogP contribution in [0.4, 0.5) is 5.69 Å². The van der Waals surface area contributed by atoms with Gasteiger partial charge in [-0.2, -0.15) is 0 Å². The quantitative estimate of drug-likeness (QED) is 0.879. The number of aromatic nitrogens is 1. The zero-order valence-electron chi connectivity index (χ0n) is 12.5. The molecule has 1 aliphatic rings. The first-order valence-corrected chi connectivity index (χ1v) is 7.68. The standard InChI is InChI=1S/C16H27N3/c1-4-10-17-14(3)16-9-8-15(12-18-16)19-11-6-5-7-13(19)2/h8-9,12-14,17H,4-7,10-11H2,1-3H3. The Morgan fingerprint density at radius 3 is 2.89 bits per heavy atom. The zero-order valence-corrected chi connectivity index (χ0v) is 12.5. The normalized spacial score (nSPS) is 21.4. The highest BCUT2D eigenvalue weighted by Crippen LogP contribution is 2.24. The van der Waals surface area contributed by atoms with Crippen molar-refractivity contribution in [3.63, 3.8) is 0 Å². The second kappa shape index (κ2) is 6.90. The van der Waals surface area contributed by atoms with Crippen molar-refractivity contribution in [2.24, 2.45) is 0 Å². The SMILES string of the molecule is CCCNC(C)c1ccc(N2CCCCC2C)cn1. The maximum absolute atomic E-state index is 4.64. The van der Waals surface area contributed by atoms with Crippen LogP contribution < -0.4 is 10.2 Å². The third kappa shape index (κ3) is 3.69. The van der Waals surface area contributed by atoms with Gasteiger partial charge in [0.15, 0.2) is 0 Å². The first kappa shape index (κ1) is 14.3. The molecular weight excluding hydrogens is 234 g/mol. The van der Waals surface area contributed by atoms with Crippen molar-refractivity contribution in [2.45, 2.75) is 58.5 Å². The summed E-state index contributed by atoms with van der Waals surface area (Å²) in [7, 11) is 0. The van der Waals surface area contributed by atoms with Crippen LogP contribution in [-0.4, -0.2) is 24.1 Å². The monoisotopic (exact) mass is 261 g/mol. The van der Waals surface area contributed by atoms with Gasteiger partial charge in [-0.3, -0.25) is 4.98 Å². The van der Waals surface area contributed by atoms with Crippen molar-refractivity contribution >= 4 is 5.69 Å². The number of piperidine rings is 1. The Morgan fingerprint density at radius 1 is 1.42 bits per heavy atom. The molecule has 3 nitrogen and oxygen atoms in total. The van der Waals surface area contributed by atoms with Gasteiger partial charge in [0.05, 0.1) is 17.6 Å². The number of rotatable bonds is 5. The maximum atomic E-state index is 4.64. The Balaban J connectivity index is 2.01. The lowest BCUT2D eigenvalue weighted by atomic mass is 10.0. The van der Waals surface area contributed by atoms with Gasteiger partial charge in [0.25, 0.3) is 0 Å². The third-order valence-corrected chi connectivity index (χ3v) is 4.05. The third-order valence-electron chi connectivity index (χ3n) is 4.05. The lowest BCUT2D eigenvalue weighted by Crippen LogP contribution is -2.37. The summed E-state index contributed by atoms with van der Waals surface area (Å²) in [6, 6.07) is 5.39. The van der Waals surface area contributed by atoms with Gasteiger partial charge >= 0.3 is 0 Å². The van der Waals surface area contributed by atoms with Crippen LogP contribution in [0, 0.1) is 0 Å². The van der Waals surface area contributed by atoms with E-state index in [1.807, 2.05) is 6.20 Å². The molecule has 1 fully saturated rings. The summed E-state index contributed by atoms with van der Waals surface area (Å²) in [5.74, 6) is 0. The molecule has 0 radical (unpaired) electrons. The highest BCUT2D eigenvalue weighted by Gasteiger charge is 2.18. The van der Waals surface area contributed by atoms with Gasteiger partial charge in [-0.25, -0.2) is 0 Å². The Bertz CT molecular complexity index is 374. The van der Waals surface area contributed by atoms with Crippen LogP contribution in [0.25, 0.3) is 0 Å². The summed E-state index contributed by atoms with van der Waals surface area (Å²) in [5, 5.41) is 3.48. The second-order valence-corrected chi connectivity index (χ2v) is 5.66. The molecule has 2 atom stereocenters. The van der Waals surface area contributed by atoms with Gasteiger partial charge < -0.3 is 10.2 Å². The van der Waals surface area contributed by atoms with E-state index in [-0.39, 0.29) is 0 Å². The van der Waals surface area contributed by atoms with Crippen molar-refractivity contribution < 1.29 is 0 Å². The van der Waals surface area contributed by atoms with Crippen LogP contribution in [0.15, 0.2) is 18.3 Å². The zero-order chi connectivity index (χ0) is 13.7. The van der Waals surface area contributed by atoms with E-state index < -0.39 is 0 Å². The molecule has 3 heteroatoms. The van der Waals surface area contributed by atoms with Crippen LogP contribution in [0.5, 0.6) is 0 Å². The lowest BCUT2D eigenvalue weighted by Gasteiger charge is -2.35. The van der Waals surface area contributed by atoms with Crippen LogP contribution in [0.3, 0.4) is 0 Å². The number of pyridine rings is 1. The van der Waals surface area contributed by atoms with Crippen LogP contribution in [0.2, 0.25) is 0 Å². The van der Waals surface area contributed by atoms with Gasteiger partial charge in [0.2, 0.25) is 0 Å². The Morgan fingerprint density at radius 2 is 2.26 bits per heavy atom. The van der Waals surface area contributed by atoms with E-state index in [0.29, 0.717) is 12.1 Å². The molecule has 106 valence electrons. The van der Waals surface area contributed by atoms with Gasteiger partial charge in [-0.1, -0.05) is 6.92 Å². The van der Waals surface area contributed by atoms with E-state index in [2.05, 4.69) is 48.1 Å². The van der Waals surface area contributed by atoms with E-state index in [9.17, 15) is 0 Å². The van der Waals surface area contributed by atoms with Gasteiger partial charge in [-0.15, -0.1) is 0 Å². The summed E-state index contributed by atoms with van der Waals surface area (Å²) in [6.07, 6.45) is 7.17. The molecule has 0 bridgehead atoms. The minimum absolute atomic E-state index is 0.341. The lowest BCUT2D eigenvalue weighted by molar-refractivity contribution is 0.484. The molecule has 0 spiro atoms. The Labute approximate surface area is 117 Å². The molecule has 0 amide bonds. The van der Waals surface area contributed by atoms with Crippen LogP contribution in [0.1, 0.15) is 58.2 Å². The van der Waals surface area contributed by atoms with E-state index in [1.54, 1.807) is 0 Å². The largest absolute Gasteiger partial charge is 0.368 e. The molecule has 1 aromatic heterocycles. The number of nitrogens with one attached hydrogen (secondary N) is 1. The molecule has 2 unspecified atom stereocenters. The summed E-state index contributed by atoms with van der Waals surface area (Å²) in [4.78, 5) is 7.13. The highest BCUT2D eigenvalue weighted by molar-refractivity contribution is 5.46. The summed E-state index contributed by atoms with van der Waals surface area (Å²) < 4.78 is 0. The summed E-state index contributed by atoms with van der Waals surface area (Å²) in [5.41, 5.74) is 2.42. The minimum atomic E-state index is 0.341. The molecular formula is C16H27N3. The van der Waals surface area contributed by atoms with E-state index in [0.717, 1.165) is 18.7 Å². The smallest absolute Gasteiger partial charge is 0.0572 e. The number of hydrogen-bond donors (Lipinski definition) is 1. The predicted molar refractivity (Wildman–Crippen MR) is 81.6 cm³/mol. The summed E-state index contributed by atoms with van der Waals surface area (Å²) in [6.45, 7) is 8.91. The number of nitrogens with zero attached hydrogens (tertiary/aromatic N) is 2. The molecule has 2 rings (SSSR count). The minimum Gasteiger partial charge on any atom is -0.368 e. The van der Waals surface area contributed by atoms with Crippen molar-refractivity contribution in [2.75, 3.05) is 18.0 Å². The van der Waals surface area contributed by atoms with E-state index in [4.69, 9.17) is 0 Å². The average molecular weight is 261 g/mol. The van der Waals surface area contributed by atoms with Crippen molar-refractivity contribution in [3.05, 3.63) is 24.0 Å². The number of hydrogen-bond acceptors (Lipinski definition) is 3. The van der Waals surface area contributed by atoms with Crippen molar-refractivity contribution in [3.8, 4) is 0 Å². The molecule has 1 N–H and O–H groups in total. The first-order valence-electron chi connectivity index (χ1n) is 7.68. The topological polar surface area (TPSA) is 28.2 Å².